The van der Waals surface area contributed by atoms with Crippen LogP contribution in [-0.4, -0.2) is 29.3 Å². The molecule has 0 aliphatic carbocycles. The molecule has 0 amide bonds. The molecule has 0 radical (unpaired) electrons. The minimum Gasteiger partial charge on any atom is -0.370 e. The third-order valence-electron chi connectivity index (χ3n) is 3.37. The zero-order valence-electron chi connectivity index (χ0n) is 11.5. The summed E-state index contributed by atoms with van der Waals surface area (Å²) in [6, 6.07) is 0.382. The maximum atomic E-state index is 5.55. The van der Waals surface area contributed by atoms with Crippen molar-refractivity contribution < 1.29 is 9.26 Å². The minimum absolute atomic E-state index is 0.0409. The molecule has 0 bridgehead atoms. The Bertz CT molecular complexity index is 359. The fraction of sp³-hybridized carbons (Fsp3) is 0.846. The molecule has 1 N–H and O–H groups in total. The van der Waals surface area contributed by atoms with Gasteiger partial charge in [-0.2, -0.15) is 4.98 Å². The van der Waals surface area contributed by atoms with Crippen molar-refractivity contribution in [3.8, 4) is 0 Å². The first kappa shape index (κ1) is 13.5. The van der Waals surface area contributed by atoms with Gasteiger partial charge in [0.25, 0.3) is 0 Å². The Kier molecular flexibility index (Phi) is 4.72. The first-order valence-corrected chi connectivity index (χ1v) is 6.88. The van der Waals surface area contributed by atoms with E-state index in [2.05, 4.69) is 36.2 Å². The number of hydrogen-bond donors (Lipinski definition) is 1. The van der Waals surface area contributed by atoms with E-state index in [-0.39, 0.29) is 6.10 Å². The third kappa shape index (κ3) is 3.29. The van der Waals surface area contributed by atoms with E-state index in [9.17, 15) is 0 Å². The van der Waals surface area contributed by atoms with Crippen molar-refractivity contribution in [3.63, 3.8) is 0 Å². The zero-order valence-corrected chi connectivity index (χ0v) is 11.5. The summed E-state index contributed by atoms with van der Waals surface area (Å²) in [5.74, 6) is 1.96. The molecule has 102 valence electrons. The molecular formula is C13H23N3O2. The normalized spacial score (nSPS) is 21.7. The molecule has 5 heteroatoms. The van der Waals surface area contributed by atoms with E-state index >= 15 is 0 Å². The number of nitrogens with zero attached hydrogens (tertiary/aromatic N) is 2. The summed E-state index contributed by atoms with van der Waals surface area (Å²) in [7, 11) is 0. The van der Waals surface area contributed by atoms with E-state index in [1.54, 1.807) is 0 Å². The van der Waals surface area contributed by atoms with E-state index in [0.29, 0.717) is 23.7 Å². The number of aromatic nitrogens is 2. The lowest BCUT2D eigenvalue weighted by atomic mass is 10.0. The van der Waals surface area contributed by atoms with Crippen LogP contribution in [0.5, 0.6) is 0 Å². The molecule has 0 aromatic carbocycles. The number of rotatable bonds is 6. The van der Waals surface area contributed by atoms with Crippen LogP contribution in [0.1, 0.15) is 51.4 Å². The van der Waals surface area contributed by atoms with Crippen LogP contribution in [0.15, 0.2) is 4.52 Å². The molecule has 1 aromatic rings. The summed E-state index contributed by atoms with van der Waals surface area (Å²) in [6.07, 6.45) is 2.91. The van der Waals surface area contributed by atoms with Gasteiger partial charge in [0, 0.05) is 19.1 Å². The average molecular weight is 253 g/mol. The van der Waals surface area contributed by atoms with Gasteiger partial charge in [0.15, 0.2) is 0 Å². The first-order valence-electron chi connectivity index (χ1n) is 6.88. The van der Waals surface area contributed by atoms with E-state index < -0.39 is 0 Å². The molecule has 1 saturated heterocycles. The van der Waals surface area contributed by atoms with Crippen molar-refractivity contribution in [3.05, 3.63) is 11.7 Å². The average Bonchev–Trinajstić information content (AvgIpc) is 2.98. The highest BCUT2D eigenvalue weighted by Crippen LogP contribution is 2.26. The minimum atomic E-state index is 0.0409. The summed E-state index contributed by atoms with van der Waals surface area (Å²) in [5, 5.41) is 7.48. The van der Waals surface area contributed by atoms with E-state index in [0.717, 1.165) is 32.4 Å². The second kappa shape index (κ2) is 6.29. The van der Waals surface area contributed by atoms with Gasteiger partial charge in [-0.1, -0.05) is 25.9 Å². The zero-order chi connectivity index (χ0) is 13.0. The maximum Gasteiger partial charge on any atom is 0.228 e. The highest BCUT2D eigenvalue weighted by Gasteiger charge is 2.24. The van der Waals surface area contributed by atoms with Crippen LogP contribution < -0.4 is 5.32 Å². The predicted octanol–water partition coefficient (Wildman–Crippen LogP) is 2.10. The van der Waals surface area contributed by atoms with Crippen molar-refractivity contribution in [2.24, 2.45) is 5.92 Å². The van der Waals surface area contributed by atoms with Crippen LogP contribution in [-0.2, 0) is 11.2 Å². The van der Waals surface area contributed by atoms with E-state index in [1.165, 1.54) is 0 Å². The maximum absolute atomic E-state index is 5.55. The largest absolute Gasteiger partial charge is 0.370 e. The Balaban J connectivity index is 1.96. The molecule has 2 atom stereocenters. The number of hydrogen-bond acceptors (Lipinski definition) is 5. The SMILES string of the molecule is CCNC(Cc1nc(C2CCCO2)no1)C(C)C. The molecule has 2 unspecified atom stereocenters. The second-order valence-corrected chi connectivity index (χ2v) is 5.16. The van der Waals surface area contributed by atoms with Crippen molar-refractivity contribution in [2.75, 3.05) is 13.2 Å². The first-order chi connectivity index (χ1) is 8.70. The van der Waals surface area contributed by atoms with Gasteiger partial charge in [-0.25, -0.2) is 0 Å². The molecule has 2 heterocycles. The van der Waals surface area contributed by atoms with Gasteiger partial charge in [-0.15, -0.1) is 0 Å². The molecule has 1 aliphatic heterocycles. The highest BCUT2D eigenvalue weighted by atomic mass is 16.5. The molecule has 0 spiro atoms. The van der Waals surface area contributed by atoms with Crippen LogP contribution in [0.25, 0.3) is 0 Å². The van der Waals surface area contributed by atoms with Crippen LogP contribution >= 0.6 is 0 Å². The standard InChI is InChI=1S/C13H23N3O2/c1-4-14-10(9(2)3)8-12-15-13(16-18-12)11-6-5-7-17-11/h9-11,14H,4-8H2,1-3H3. The van der Waals surface area contributed by atoms with Crippen LogP contribution in [0.2, 0.25) is 0 Å². The van der Waals surface area contributed by atoms with E-state index in [4.69, 9.17) is 9.26 Å². The van der Waals surface area contributed by atoms with Gasteiger partial charge in [-0.05, 0) is 25.3 Å². The van der Waals surface area contributed by atoms with Crippen LogP contribution in [0, 0.1) is 5.92 Å². The molecule has 18 heavy (non-hydrogen) atoms. The molecule has 0 saturated carbocycles. The Morgan fingerprint density at radius 1 is 1.44 bits per heavy atom. The number of nitrogens with one attached hydrogen (secondary N) is 1. The lowest BCUT2D eigenvalue weighted by Gasteiger charge is -2.19. The van der Waals surface area contributed by atoms with Crippen molar-refractivity contribution >= 4 is 0 Å². The monoisotopic (exact) mass is 253 g/mol. The second-order valence-electron chi connectivity index (χ2n) is 5.16. The molecule has 1 aliphatic rings. The van der Waals surface area contributed by atoms with E-state index in [1.807, 2.05) is 0 Å². The molecular weight excluding hydrogens is 230 g/mol. The van der Waals surface area contributed by atoms with Gasteiger partial charge in [0.2, 0.25) is 11.7 Å². The lowest BCUT2D eigenvalue weighted by molar-refractivity contribution is 0.103. The van der Waals surface area contributed by atoms with Crippen molar-refractivity contribution in [1.82, 2.24) is 15.5 Å². The van der Waals surface area contributed by atoms with Crippen LogP contribution in [0.4, 0.5) is 0 Å². The fourth-order valence-electron chi connectivity index (χ4n) is 2.26. The van der Waals surface area contributed by atoms with Crippen molar-refractivity contribution in [1.29, 1.82) is 0 Å². The summed E-state index contributed by atoms with van der Waals surface area (Å²) in [6.45, 7) is 8.27. The fourth-order valence-corrected chi connectivity index (χ4v) is 2.26. The Morgan fingerprint density at radius 3 is 2.89 bits per heavy atom. The number of likely N-dealkylation sites (N-methyl/N-ethyl adjacent to an activating group) is 1. The third-order valence-corrected chi connectivity index (χ3v) is 3.37. The van der Waals surface area contributed by atoms with Gasteiger partial charge < -0.3 is 14.6 Å². The Hall–Kier alpha value is -0.940. The molecule has 1 aromatic heterocycles. The molecule has 2 rings (SSSR count). The summed E-state index contributed by atoms with van der Waals surface area (Å²) >= 11 is 0. The Morgan fingerprint density at radius 2 is 2.28 bits per heavy atom. The van der Waals surface area contributed by atoms with Gasteiger partial charge in [0.1, 0.15) is 6.10 Å². The van der Waals surface area contributed by atoms with Gasteiger partial charge >= 0.3 is 0 Å². The lowest BCUT2D eigenvalue weighted by Crippen LogP contribution is -2.35. The summed E-state index contributed by atoms with van der Waals surface area (Å²) < 4.78 is 10.9. The van der Waals surface area contributed by atoms with Crippen molar-refractivity contribution in [2.45, 2.75) is 52.2 Å². The molecule has 1 fully saturated rings. The topological polar surface area (TPSA) is 60.2 Å². The summed E-state index contributed by atoms with van der Waals surface area (Å²) in [4.78, 5) is 4.45. The number of ether oxygens (including phenoxy) is 1. The highest BCUT2D eigenvalue weighted by molar-refractivity contribution is 4.95. The van der Waals surface area contributed by atoms with Gasteiger partial charge in [0.05, 0.1) is 0 Å². The Labute approximate surface area is 108 Å². The quantitative estimate of drug-likeness (QED) is 0.841. The summed E-state index contributed by atoms with van der Waals surface area (Å²) in [5.41, 5.74) is 0. The van der Waals surface area contributed by atoms with Gasteiger partial charge in [-0.3, -0.25) is 0 Å². The smallest absolute Gasteiger partial charge is 0.228 e. The molecule has 5 nitrogen and oxygen atoms in total. The predicted molar refractivity (Wildman–Crippen MR) is 68.2 cm³/mol. The van der Waals surface area contributed by atoms with Crippen LogP contribution in [0.3, 0.4) is 0 Å².